The number of nitrogens with two attached hydrogens (primary N) is 1. The number of para-hydroxylation sites is 1. The number of fused-ring (bicyclic) bond motifs is 1. The number of ether oxygens (including phenoxy) is 2. The predicted octanol–water partition coefficient (Wildman–Crippen LogP) is 1.69. The number of methoxy groups -OCH3 is 1. The molecule has 1 aliphatic rings. The van der Waals surface area contributed by atoms with Crippen LogP contribution in [-0.2, 0) is 22.4 Å². The summed E-state index contributed by atoms with van der Waals surface area (Å²) in [6.07, 6.45) is 1.45. The molecule has 0 bridgehead atoms. The summed E-state index contributed by atoms with van der Waals surface area (Å²) in [7, 11) is 1.39. The number of carbonyl (C=O) groups excluding carboxylic acids is 1. The van der Waals surface area contributed by atoms with Crippen LogP contribution in [0.1, 0.15) is 25.0 Å². The maximum atomic E-state index is 11.6. The Morgan fingerprint density at radius 3 is 2.89 bits per heavy atom. The van der Waals surface area contributed by atoms with Crippen LogP contribution in [-0.4, -0.2) is 25.2 Å². The highest BCUT2D eigenvalue weighted by Gasteiger charge is 2.32. The molecular formula is C15H21NO3. The van der Waals surface area contributed by atoms with Gasteiger partial charge >= 0.3 is 5.97 Å². The molecule has 19 heavy (non-hydrogen) atoms. The maximum Gasteiger partial charge on any atom is 0.310 e. The average Bonchev–Trinajstić information content (AvgIpc) is 2.69. The Bertz CT molecular complexity index is 482. The molecule has 4 nitrogen and oxygen atoms in total. The summed E-state index contributed by atoms with van der Waals surface area (Å²) < 4.78 is 10.8. The number of hydrogen-bond acceptors (Lipinski definition) is 4. The van der Waals surface area contributed by atoms with Gasteiger partial charge in [0.25, 0.3) is 0 Å². The highest BCUT2D eigenvalue weighted by molar-refractivity contribution is 5.73. The second-order valence-corrected chi connectivity index (χ2v) is 5.60. The Hall–Kier alpha value is -1.55. The number of benzene rings is 1. The van der Waals surface area contributed by atoms with Gasteiger partial charge in [-0.1, -0.05) is 18.2 Å². The molecule has 0 saturated carbocycles. The molecule has 0 radical (unpaired) electrons. The Morgan fingerprint density at radius 2 is 2.26 bits per heavy atom. The summed E-state index contributed by atoms with van der Waals surface area (Å²) in [6, 6.07) is 6.07. The first-order valence-electron chi connectivity index (χ1n) is 6.54. The summed E-state index contributed by atoms with van der Waals surface area (Å²) in [5, 5.41) is 0. The van der Waals surface area contributed by atoms with Crippen molar-refractivity contribution in [3.05, 3.63) is 29.3 Å². The lowest BCUT2D eigenvalue weighted by molar-refractivity contribution is -0.145. The number of esters is 1. The van der Waals surface area contributed by atoms with Crippen molar-refractivity contribution in [1.29, 1.82) is 0 Å². The van der Waals surface area contributed by atoms with E-state index in [0.29, 0.717) is 6.42 Å². The lowest BCUT2D eigenvalue weighted by Crippen LogP contribution is -2.27. The van der Waals surface area contributed by atoms with Crippen LogP contribution in [0, 0.1) is 5.92 Å². The van der Waals surface area contributed by atoms with Gasteiger partial charge in [-0.2, -0.15) is 0 Å². The third kappa shape index (κ3) is 2.89. The molecule has 1 unspecified atom stereocenters. The van der Waals surface area contributed by atoms with Crippen molar-refractivity contribution in [3.8, 4) is 5.75 Å². The summed E-state index contributed by atoms with van der Waals surface area (Å²) in [4.78, 5) is 11.6. The largest absolute Gasteiger partial charge is 0.487 e. The zero-order chi connectivity index (χ0) is 14.0. The summed E-state index contributed by atoms with van der Waals surface area (Å²) >= 11 is 0. The summed E-state index contributed by atoms with van der Waals surface area (Å²) in [5.74, 6) is 0.330. The van der Waals surface area contributed by atoms with Gasteiger partial charge in [-0.15, -0.1) is 0 Å². The highest BCUT2D eigenvalue weighted by Crippen LogP contribution is 2.38. The minimum absolute atomic E-state index is 0.179. The van der Waals surface area contributed by atoms with E-state index < -0.39 is 0 Å². The molecule has 1 aromatic carbocycles. The van der Waals surface area contributed by atoms with Crippen LogP contribution in [0.2, 0.25) is 0 Å². The Morgan fingerprint density at radius 1 is 1.53 bits per heavy atom. The fraction of sp³-hybridized carbons (Fsp3) is 0.533. The van der Waals surface area contributed by atoms with E-state index in [4.69, 9.17) is 15.2 Å². The second kappa shape index (κ2) is 5.21. The van der Waals surface area contributed by atoms with Gasteiger partial charge < -0.3 is 15.2 Å². The van der Waals surface area contributed by atoms with E-state index in [0.717, 1.165) is 17.7 Å². The fourth-order valence-corrected chi connectivity index (χ4v) is 2.54. The standard InChI is InChI=1S/C15H21NO3/c1-15(2)8-11-6-4-5-10(13(11)19-15)7-12(9-16)14(17)18-3/h4-6,12H,7-9,16H2,1-3H3. The molecule has 0 aliphatic carbocycles. The molecule has 0 saturated heterocycles. The van der Waals surface area contributed by atoms with Crippen molar-refractivity contribution in [2.24, 2.45) is 11.7 Å². The molecule has 1 aliphatic heterocycles. The topological polar surface area (TPSA) is 61.5 Å². The molecule has 104 valence electrons. The molecule has 1 aromatic rings. The number of rotatable bonds is 4. The predicted molar refractivity (Wildman–Crippen MR) is 73.1 cm³/mol. The second-order valence-electron chi connectivity index (χ2n) is 5.60. The van der Waals surface area contributed by atoms with E-state index in [2.05, 4.69) is 19.9 Å². The molecule has 0 fully saturated rings. The van der Waals surface area contributed by atoms with Crippen LogP contribution in [0.25, 0.3) is 0 Å². The number of hydrogen-bond donors (Lipinski definition) is 1. The molecule has 2 rings (SSSR count). The van der Waals surface area contributed by atoms with E-state index in [1.807, 2.05) is 12.1 Å². The van der Waals surface area contributed by atoms with Crippen molar-refractivity contribution < 1.29 is 14.3 Å². The van der Waals surface area contributed by atoms with Gasteiger partial charge in [-0.25, -0.2) is 0 Å². The van der Waals surface area contributed by atoms with Gasteiger partial charge in [0, 0.05) is 13.0 Å². The molecule has 4 heteroatoms. The molecule has 0 spiro atoms. The molecule has 1 heterocycles. The first-order valence-corrected chi connectivity index (χ1v) is 6.54. The zero-order valence-corrected chi connectivity index (χ0v) is 11.7. The maximum absolute atomic E-state index is 11.6. The lowest BCUT2D eigenvalue weighted by atomic mass is 9.95. The van der Waals surface area contributed by atoms with Gasteiger partial charge in [-0.05, 0) is 31.4 Å². The van der Waals surface area contributed by atoms with Crippen LogP contribution in [0.4, 0.5) is 0 Å². The van der Waals surface area contributed by atoms with Crippen molar-refractivity contribution in [3.63, 3.8) is 0 Å². The average molecular weight is 263 g/mol. The minimum Gasteiger partial charge on any atom is -0.487 e. The highest BCUT2D eigenvalue weighted by atomic mass is 16.5. The summed E-state index contributed by atoms with van der Waals surface area (Å²) in [6.45, 7) is 4.41. The van der Waals surface area contributed by atoms with Crippen LogP contribution in [0.15, 0.2) is 18.2 Å². The van der Waals surface area contributed by atoms with Crippen LogP contribution in [0.3, 0.4) is 0 Å². The van der Waals surface area contributed by atoms with Crippen LogP contribution >= 0.6 is 0 Å². The minimum atomic E-state index is -0.316. The van der Waals surface area contributed by atoms with Crippen LogP contribution in [0.5, 0.6) is 5.75 Å². The third-order valence-electron chi connectivity index (χ3n) is 3.46. The number of carbonyl (C=O) groups is 1. The Balaban J connectivity index is 2.24. The van der Waals surface area contributed by atoms with Crippen molar-refractivity contribution in [1.82, 2.24) is 0 Å². The SMILES string of the molecule is COC(=O)C(CN)Cc1cccc2c1OC(C)(C)C2. The molecule has 0 aromatic heterocycles. The summed E-state index contributed by atoms with van der Waals surface area (Å²) in [5.41, 5.74) is 7.70. The van der Waals surface area contributed by atoms with Gasteiger partial charge in [0.15, 0.2) is 0 Å². The zero-order valence-electron chi connectivity index (χ0n) is 11.7. The van der Waals surface area contributed by atoms with E-state index in [-0.39, 0.29) is 24.0 Å². The van der Waals surface area contributed by atoms with Crippen molar-refractivity contribution >= 4 is 5.97 Å². The van der Waals surface area contributed by atoms with E-state index in [9.17, 15) is 4.79 Å². The molecule has 0 amide bonds. The van der Waals surface area contributed by atoms with Gasteiger partial charge in [0.05, 0.1) is 13.0 Å². The molecule has 2 N–H and O–H groups in total. The normalized spacial score (nSPS) is 17.5. The lowest BCUT2D eigenvalue weighted by Gasteiger charge is -2.19. The fourth-order valence-electron chi connectivity index (χ4n) is 2.54. The smallest absolute Gasteiger partial charge is 0.310 e. The van der Waals surface area contributed by atoms with Gasteiger partial charge in [0.1, 0.15) is 11.4 Å². The van der Waals surface area contributed by atoms with Crippen molar-refractivity contribution in [2.45, 2.75) is 32.3 Å². The van der Waals surface area contributed by atoms with Gasteiger partial charge in [-0.3, -0.25) is 4.79 Å². The van der Waals surface area contributed by atoms with Crippen molar-refractivity contribution in [2.75, 3.05) is 13.7 Å². The molecule has 1 atom stereocenters. The van der Waals surface area contributed by atoms with E-state index in [1.54, 1.807) is 0 Å². The van der Waals surface area contributed by atoms with E-state index in [1.165, 1.54) is 12.7 Å². The Labute approximate surface area is 113 Å². The monoisotopic (exact) mass is 263 g/mol. The van der Waals surface area contributed by atoms with Crippen LogP contribution < -0.4 is 10.5 Å². The van der Waals surface area contributed by atoms with Gasteiger partial charge in [0.2, 0.25) is 0 Å². The molecular weight excluding hydrogens is 242 g/mol. The third-order valence-corrected chi connectivity index (χ3v) is 3.46. The Kier molecular flexibility index (Phi) is 3.80. The quantitative estimate of drug-likeness (QED) is 0.840. The first-order chi connectivity index (χ1) is 8.96. The first kappa shape index (κ1) is 13.9. The van der Waals surface area contributed by atoms with E-state index >= 15 is 0 Å².